The summed E-state index contributed by atoms with van der Waals surface area (Å²) in [5, 5.41) is 11.5. The number of halogens is 3. The van der Waals surface area contributed by atoms with Crippen LogP contribution in [0.3, 0.4) is 0 Å². The summed E-state index contributed by atoms with van der Waals surface area (Å²) in [4.78, 5) is 32.8. The molecule has 0 atom stereocenters. The molecular formula is C17H15F3N4O3. The highest BCUT2D eigenvalue weighted by molar-refractivity contribution is 6.09. The third-order valence-electron chi connectivity index (χ3n) is 4.13. The van der Waals surface area contributed by atoms with Gasteiger partial charge in [-0.2, -0.15) is 13.2 Å². The molecule has 1 fully saturated rings. The maximum Gasteiger partial charge on any atom is 0.416 e. The molecule has 2 N–H and O–H groups in total. The first-order valence-corrected chi connectivity index (χ1v) is 8.09. The lowest BCUT2D eigenvalue weighted by atomic mass is 10.1. The molecule has 2 heterocycles. The summed E-state index contributed by atoms with van der Waals surface area (Å²) in [7, 11) is 0. The number of anilines is 2. The minimum atomic E-state index is -4.58. The quantitative estimate of drug-likeness (QED) is 0.847. The highest BCUT2D eigenvalue weighted by atomic mass is 19.4. The van der Waals surface area contributed by atoms with E-state index in [0.29, 0.717) is 18.8 Å². The number of carbonyl (C=O) groups excluding carboxylic acids is 1. The smallest absolute Gasteiger partial charge is 0.416 e. The molecule has 27 heavy (non-hydrogen) atoms. The molecule has 1 aromatic heterocycles. The van der Waals surface area contributed by atoms with Crippen LogP contribution in [-0.2, 0) is 6.18 Å². The van der Waals surface area contributed by atoms with Crippen LogP contribution >= 0.6 is 0 Å². The van der Waals surface area contributed by atoms with E-state index in [1.54, 1.807) is 0 Å². The second-order valence-corrected chi connectivity index (χ2v) is 5.94. The van der Waals surface area contributed by atoms with Crippen LogP contribution in [-0.4, -0.2) is 40.0 Å². The van der Waals surface area contributed by atoms with Crippen molar-refractivity contribution < 1.29 is 27.9 Å². The fourth-order valence-electron chi connectivity index (χ4n) is 2.89. The minimum Gasteiger partial charge on any atom is -0.476 e. The van der Waals surface area contributed by atoms with Gasteiger partial charge in [0.05, 0.1) is 16.9 Å². The van der Waals surface area contributed by atoms with Gasteiger partial charge >= 0.3 is 12.1 Å². The van der Waals surface area contributed by atoms with Crippen LogP contribution in [0.1, 0.15) is 39.4 Å². The van der Waals surface area contributed by atoms with E-state index in [1.165, 1.54) is 6.07 Å². The zero-order valence-electron chi connectivity index (χ0n) is 14.0. The van der Waals surface area contributed by atoms with Gasteiger partial charge in [-0.3, -0.25) is 4.79 Å². The van der Waals surface area contributed by atoms with Gasteiger partial charge in [0.1, 0.15) is 0 Å². The van der Waals surface area contributed by atoms with Crippen molar-refractivity contribution in [3.05, 3.63) is 47.5 Å². The zero-order valence-corrected chi connectivity index (χ0v) is 14.0. The molecule has 7 nitrogen and oxygen atoms in total. The van der Waals surface area contributed by atoms with Crippen molar-refractivity contribution in [3.8, 4) is 0 Å². The Morgan fingerprint density at radius 3 is 2.30 bits per heavy atom. The largest absolute Gasteiger partial charge is 0.476 e. The van der Waals surface area contributed by atoms with Gasteiger partial charge in [0.2, 0.25) is 0 Å². The highest BCUT2D eigenvalue weighted by Gasteiger charge is 2.32. The van der Waals surface area contributed by atoms with Crippen molar-refractivity contribution in [1.82, 2.24) is 9.97 Å². The Bertz CT molecular complexity index is 880. The third kappa shape index (κ3) is 3.99. The van der Waals surface area contributed by atoms with Gasteiger partial charge in [-0.25, -0.2) is 14.8 Å². The van der Waals surface area contributed by atoms with Crippen LogP contribution < -0.4 is 10.2 Å². The van der Waals surface area contributed by atoms with E-state index in [-0.39, 0.29) is 5.69 Å². The van der Waals surface area contributed by atoms with Crippen LogP contribution in [0.5, 0.6) is 0 Å². The molecule has 0 radical (unpaired) electrons. The normalized spacial score (nSPS) is 14.3. The molecule has 0 unspecified atom stereocenters. The molecule has 1 aliphatic heterocycles. The fraction of sp³-hybridized carbons (Fsp3) is 0.294. The van der Waals surface area contributed by atoms with Crippen LogP contribution in [0.15, 0.2) is 30.6 Å². The molecule has 0 saturated carbocycles. The molecule has 1 aliphatic rings. The van der Waals surface area contributed by atoms with E-state index in [4.69, 9.17) is 5.11 Å². The summed E-state index contributed by atoms with van der Waals surface area (Å²) in [6.45, 7) is 1.31. The standard InChI is InChI=1S/C17H15F3N4O3/c18-17(19,20)10-3-4-12(24-7-1-2-8-24)11(9-10)23-15(25)13-14(16(26)27)22-6-5-21-13/h3-6,9H,1-2,7-8H2,(H,23,25)(H,26,27). The second kappa shape index (κ2) is 7.22. The van der Waals surface area contributed by atoms with E-state index in [1.807, 2.05) is 4.90 Å². The number of amides is 1. The molecule has 10 heteroatoms. The number of rotatable bonds is 4. The lowest BCUT2D eigenvalue weighted by molar-refractivity contribution is -0.137. The van der Waals surface area contributed by atoms with Crippen molar-refractivity contribution in [1.29, 1.82) is 0 Å². The second-order valence-electron chi connectivity index (χ2n) is 5.94. The maximum atomic E-state index is 13.1. The zero-order chi connectivity index (χ0) is 19.6. The Hall–Kier alpha value is -3.17. The Labute approximate surface area is 151 Å². The SMILES string of the molecule is O=C(O)c1nccnc1C(=O)Nc1cc(C(F)(F)F)ccc1N1CCCC1. The first kappa shape index (κ1) is 18.6. The summed E-state index contributed by atoms with van der Waals surface area (Å²) < 4.78 is 39.2. The van der Waals surface area contributed by atoms with E-state index in [0.717, 1.165) is 37.4 Å². The van der Waals surface area contributed by atoms with Crippen LogP contribution in [0, 0.1) is 0 Å². The fourth-order valence-corrected chi connectivity index (χ4v) is 2.89. The number of carboxylic acids is 1. The van der Waals surface area contributed by atoms with Gasteiger partial charge in [0, 0.05) is 25.5 Å². The molecule has 1 amide bonds. The summed E-state index contributed by atoms with van der Waals surface area (Å²) in [6.07, 6.45) is -0.555. The van der Waals surface area contributed by atoms with Gasteiger partial charge in [0.25, 0.3) is 5.91 Å². The molecule has 2 aromatic rings. The van der Waals surface area contributed by atoms with Crippen molar-refractivity contribution in [2.45, 2.75) is 19.0 Å². The monoisotopic (exact) mass is 380 g/mol. The van der Waals surface area contributed by atoms with Gasteiger partial charge in [-0.1, -0.05) is 0 Å². The Morgan fingerprint density at radius 2 is 1.70 bits per heavy atom. The molecule has 142 valence electrons. The molecule has 1 aromatic carbocycles. The predicted octanol–water partition coefficient (Wildman–Crippen LogP) is 3.05. The average molecular weight is 380 g/mol. The van der Waals surface area contributed by atoms with Crippen molar-refractivity contribution in [2.75, 3.05) is 23.3 Å². The Kier molecular flexibility index (Phi) is 4.98. The van der Waals surface area contributed by atoms with Crippen molar-refractivity contribution in [2.24, 2.45) is 0 Å². The predicted molar refractivity (Wildman–Crippen MR) is 89.8 cm³/mol. The number of aromatic carboxylic acids is 1. The molecule has 3 rings (SSSR count). The van der Waals surface area contributed by atoms with Crippen LogP contribution in [0.2, 0.25) is 0 Å². The first-order valence-electron chi connectivity index (χ1n) is 8.09. The van der Waals surface area contributed by atoms with Gasteiger partial charge in [-0.05, 0) is 31.0 Å². The molecule has 0 spiro atoms. The summed E-state index contributed by atoms with van der Waals surface area (Å²) in [5.74, 6) is -2.41. The molecule has 1 saturated heterocycles. The number of aromatic nitrogens is 2. The summed E-state index contributed by atoms with van der Waals surface area (Å²) in [5.41, 5.74) is -1.59. The highest BCUT2D eigenvalue weighted by Crippen LogP contribution is 2.36. The lowest BCUT2D eigenvalue weighted by Crippen LogP contribution is -2.23. The number of carboxylic acid groups (broad SMARTS) is 1. The topological polar surface area (TPSA) is 95.4 Å². The van der Waals surface area contributed by atoms with Crippen molar-refractivity contribution >= 4 is 23.3 Å². The number of carbonyl (C=O) groups is 2. The molecule has 0 aliphatic carbocycles. The van der Waals surface area contributed by atoms with Crippen molar-refractivity contribution in [3.63, 3.8) is 0 Å². The number of hydrogen-bond acceptors (Lipinski definition) is 5. The first-order chi connectivity index (χ1) is 12.8. The van der Waals surface area contributed by atoms with Crippen LogP contribution in [0.4, 0.5) is 24.5 Å². The average Bonchev–Trinajstić information content (AvgIpc) is 3.15. The van der Waals surface area contributed by atoms with Crippen LogP contribution in [0.25, 0.3) is 0 Å². The number of benzene rings is 1. The maximum absolute atomic E-state index is 13.1. The Morgan fingerprint density at radius 1 is 1.07 bits per heavy atom. The number of alkyl halides is 3. The van der Waals surface area contributed by atoms with Gasteiger partial charge in [0.15, 0.2) is 11.4 Å². The number of nitrogens with one attached hydrogen (secondary N) is 1. The summed E-state index contributed by atoms with van der Waals surface area (Å²) >= 11 is 0. The molecule has 0 bridgehead atoms. The van der Waals surface area contributed by atoms with E-state index in [9.17, 15) is 22.8 Å². The van der Waals surface area contributed by atoms with E-state index in [2.05, 4.69) is 15.3 Å². The van der Waals surface area contributed by atoms with Gasteiger partial charge < -0.3 is 15.3 Å². The van der Waals surface area contributed by atoms with E-state index < -0.39 is 35.0 Å². The van der Waals surface area contributed by atoms with E-state index >= 15 is 0 Å². The lowest BCUT2D eigenvalue weighted by Gasteiger charge is -2.23. The number of hydrogen-bond donors (Lipinski definition) is 2. The number of nitrogens with zero attached hydrogens (tertiary/aromatic N) is 3. The Balaban J connectivity index is 1.99. The van der Waals surface area contributed by atoms with Gasteiger partial charge in [-0.15, -0.1) is 0 Å². The molecular weight excluding hydrogens is 365 g/mol. The summed E-state index contributed by atoms with van der Waals surface area (Å²) in [6, 6.07) is 3.09. The third-order valence-corrected chi connectivity index (χ3v) is 4.13. The minimum absolute atomic E-state index is 0.0567.